The molecular weight excluding hydrogens is 318 g/mol. The number of piperazine rings is 1. The molecule has 2 aromatic rings. The predicted molar refractivity (Wildman–Crippen MR) is 97.3 cm³/mol. The first kappa shape index (κ1) is 16.4. The molecule has 2 aliphatic heterocycles. The van der Waals surface area contributed by atoms with Gasteiger partial charge in [0.25, 0.3) is 5.56 Å². The first-order chi connectivity index (χ1) is 11.8. The molecule has 0 aliphatic carbocycles. The molecule has 0 spiro atoms. The van der Waals surface area contributed by atoms with Crippen LogP contribution < -0.4 is 15.0 Å². The molecule has 1 fully saturated rings. The van der Waals surface area contributed by atoms with Gasteiger partial charge >= 0.3 is 0 Å². The average molecular weight is 343 g/mol. The second kappa shape index (κ2) is 5.75. The van der Waals surface area contributed by atoms with Crippen molar-refractivity contribution in [1.29, 1.82) is 0 Å². The number of rotatable bonds is 2. The van der Waals surface area contributed by atoms with E-state index in [4.69, 9.17) is 9.47 Å². The third-order valence-corrected chi connectivity index (χ3v) is 5.57. The highest BCUT2D eigenvalue weighted by molar-refractivity contribution is 5.83. The van der Waals surface area contributed by atoms with Crippen LogP contribution in [-0.2, 0) is 6.54 Å². The fourth-order valence-electron chi connectivity index (χ4n) is 3.72. The molecule has 1 N–H and O–H groups in total. The van der Waals surface area contributed by atoms with Crippen LogP contribution in [0.3, 0.4) is 0 Å². The average Bonchev–Trinajstić information content (AvgIpc) is 2.98. The molecule has 1 aromatic carbocycles. The standard InChI is InChI=1S/C19H25N3O3/c1-12-8-21(4)19(2,3)10-22(12)9-14-5-13-6-16-17(25-11-24-16)7-15(13)20-18(14)23/h5-7,12H,8-11H2,1-4H3,(H,20,23)/t12-/m0/s1. The Balaban J connectivity index is 1.66. The maximum absolute atomic E-state index is 12.6. The second-order valence-corrected chi connectivity index (χ2v) is 7.86. The third-order valence-electron chi connectivity index (χ3n) is 5.57. The van der Waals surface area contributed by atoms with Crippen molar-refractivity contribution < 1.29 is 9.47 Å². The maximum atomic E-state index is 12.6. The number of aromatic nitrogens is 1. The molecule has 2 aliphatic rings. The summed E-state index contributed by atoms with van der Waals surface area (Å²) in [5.74, 6) is 1.42. The van der Waals surface area contributed by atoms with E-state index in [0.717, 1.165) is 35.3 Å². The van der Waals surface area contributed by atoms with Crippen LogP contribution in [-0.4, -0.2) is 53.3 Å². The minimum atomic E-state index is -0.0321. The Hall–Kier alpha value is -2.05. The van der Waals surface area contributed by atoms with Crippen LogP contribution in [0.2, 0.25) is 0 Å². The SMILES string of the molecule is C[C@H]1CN(C)C(C)(C)CN1Cc1cc2cc3c(cc2[nH]c1=O)OCO3. The van der Waals surface area contributed by atoms with Gasteiger partial charge in [0, 0.05) is 48.2 Å². The smallest absolute Gasteiger partial charge is 0.252 e. The molecule has 134 valence electrons. The fourth-order valence-corrected chi connectivity index (χ4v) is 3.72. The van der Waals surface area contributed by atoms with Gasteiger partial charge in [0.1, 0.15) is 0 Å². The van der Waals surface area contributed by atoms with E-state index >= 15 is 0 Å². The molecule has 6 heteroatoms. The molecule has 0 amide bonds. The van der Waals surface area contributed by atoms with Gasteiger partial charge in [-0.25, -0.2) is 0 Å². The van der Waals surface area contributed by atoms with Gasteiger partial charge in [0.05, 0.1) is 5.52 Å². The Labute approximate surface area is 147 Å². The summed E-state index contributed by atoms with van der Waals surface area (Å²) in [6.45, 7) is 9.53. The number of likely N-dealkylation sites (N-methyl/N-ethyl adjacent to an activating group) is 1. The van der Waals surface area contributed by atoms with E-state index in [1.165, 1.54) is 0 Å². The van der Waals surface area contributed by atoms with E-state index in [0.29, 0.717) is 18.3 Å². The normalized spacial score (nSPS) is 23.3. The van der Waals surface area contributed by atoms with E-state index in [-0.39, 0.29) is 17.9 Å². The Morgan fingerprint density at radius 2 is 1.96 bits per heavy atom. The topological polar surface area (TPSA) is 57.8 Å². The third kappa shape index (κ3) is 2.89. The van der Waals surface area contributed by atoms with E-state index in [1.807, 2.05) is 18.2 Å². The summed E-state index contributed by atoms with van der Waals surface area (Å²) in [6, 6.07) is 6.16. The van der Waals surface area contributed by atoms with Crippen molar-refractivity contribution in [1.82, 2.24) is 14.8 Å². The molecule has 25 heavy (non-hydrogen) atoms. The van der Waals surface area contributed by atoms with Crippen molar-refractivity contribution in [3.8, 4) is 11.5 Å². The Bertz CT molecular complexity index is 874. The maximum Gasteiger partial charge on any atom is 0.252 e. The summed E-state index contributed by atoms with van der Waals surface area (Å²) in [4.78, 5) is 20.3. The number of fused-ring (bicyclic) bond motifs is 2. The summed E-state index contributed by atoms with van der Waals surface area (Å²) >= 11 is 0. The van der Waals surface area contributed by atoms with E-state index in [9.17, 15) is 4.79 Å². The minimum absolute atomic E-state index is 0.0321. The number of hydrogen-bond acceptors (Lipinski definition) is 5. The molecule has 4 rings (SSSR count). The van der Waals surface area contributed by atoms with Gasteiger partial charge in [0.15, 0.2) is 11.5 Å². The van der Waals surface area contributed by atoms with Crippen molar-refractivity contribution in [2.75, 3.05) is 26.9 Å². The van der Waals surface area contributed by atoms with Gasteiger partial charge in [-0.05, 0) is 40.0 Å². The molecule has 1 atom stereocenters. The molecule has 0 saturated carbocycles. The van der Waals surface area contributed by atoms with Gasteiger partial charge in [-0.15, -0.1) is 0 Å². The van der Waals surface area contributed by atoms with Gasteiger partial charge < -0.3 is 14.5 Å². The number of ether oxygens (including phenoxy) is 2. The number of pyridine rings is 1. The summed E-state index contributed by atoms with van der Waals surface area (Å²) in [6.07, 6.45) is 0. The van der Waals surface area contributed by atoms with Gasteiger partial charge in [-0.2, -0.15) is 0 Å². The Kier molecular flexibility index (Phi) is 3.77. The van der Waals surface area contributed by atoms with Crippen molar-refractivity contribution >= 4 is 10.9 Å². The monoisotopic (exact) mass is 343 g/mol. The number of hydrogen-bond donors (Lipinski definition) is 1. The first-order valence-electron chi connectivity index (χ1n) is 8.74. The van der Waals surface area contributed by atoms with Crippen molar-refractivity contribution in [2.45, 2.75) is 38.9 Å². The van der Waals surface area contributed by atoms with Crippen LogP contribution in [0.1, 0.15) is 26.3 Å². The van der Waals surface area contributed by atoms with Gasteiger partial charge in [0.2, 0.25) is 6.79 Å². The fraction of sp³-hybridized carbons (Fsp3) is 0.526. The molecular formula is C19H25N3O3. The molecule has 0 radical (unpaired) electrons. The number of benzene rings is 1. The van der Waals surface area contributed by atoms with Gasteiger partial charge in [-0.1, -0.05) is 0 Å². The quantitative estimate of drug-likeness (QED) is 0.906. The largest absolute Gasteiger partial charge is 0.454 e. The van der Waals surface area contributed by atoms with Crippen LogP contribution >= 0.6 is 0 Å². The van der Waals surface area contributed by atoms with E-state index in [2.05, 4.69) is 42.6 Å². The molecule has 1 aromatic heterocycles. The van der Waals surface area contributed by atoms with Crippen LogP contribution in [0.4, 0.5) is 0 Å². The number of aromatic amines is 1. The highest BCUT2D eigenvalue weighted by Crippen LogP contribution is 2.35. The lowest BCUT2D eigenvalue weighted by Gasteiger charge is -2.48. The first-order valence-corrected chi connectivity index (χ1v) is 8.74. The predicted octanol–water partition coefficient (Wildman–Crippen LogP) is 2.17. The molecule has 1 saturated heterocycles. The van der Waals surface area contributed by atoms with Crippen molar-refractivity contribution in [3.05, 3.63) is 34.1 Å². The number of H-pyrrole nitrogens is 1. The molecule has 6 nitrogen and oxygen atoms in total. The molecule has 0 unspecified atom stereocenters. The lowest BCUT2D eigenvalue weighted by Crippen LogP contribution is -2.60. The van der Waals surface area contributed by atoms with E-state index < -0.39 is 0 Å². The second-order valence-electron chi connectivity index (χ2n) is 7.86. The lowest BCUT2D eigenvalue weighted by atomic mass is 9.96. The summed E-state index contributed by atoms with van der Waals surface area (Å²) in [7, 11) is 2.17. The van der Waals surface area contributed by atoms with Crippen LogP contribution in [0.15, 0.2) is 23.0 Å². The summed E-state index contributed by atoms with van der Waals surface area (Å²) < 4.78 is 10.8. The van der Waals surface area contributed by atoms with Gasteiger partial charge in [-0.3, -0.25) is 14.6 Å². The molecule has 3 heterocycles. The minimum Gasteiger partial charge on any atom is -0.454 e. The zero-order chi connectivity index (χ0) is 17.8. The van der Waals surface area contributed by atoms with Crippen LogP contribution in [0.5, 0.6) is 11.5 Å². The molecule has 0 bridgehead atoms. The summed E-state index contributed by atoms with van der Waals surface area (Å²) in [5.41, 5.74) is 1.64. The highest BCUT2D eigenvalue weighted by Gasteiger charge is 2.35. The Morgan fingerprint density at radius 3 is 2.72 bits per heavy atom. The summed E-state index contributed by atoms with van der Waals surface area (Å²) in [5, 5.41) is 0.972. The zero-order valence-corrected chi connectivity index (χ0v) is 15.3. The van der Waals surface area contributed by atoms with Crippen LogP contribution in [0, 0.1) is 0 Å². The van der Waals surface area contributed by atoms with E-state index in [1.54, 1.807) is 0 Å². The lowest BCUT2D eigenvalue weighted by molar-refractivity contribution is 0.000577. The van der Waals surface area contributed by atoms with Crippen LogP contribution in [0.25, 0.3) is 10.9 Å². The Morgan fingerprint density at radius 1 is 1.24 bits per heavy atom. The van der Waals surface area contributed by atoms with Crippen molar-refractivity contribution in [2.24, 2.45) is 0 Å². The highest BCUT2D eigenvalue weighted by atomic mass is 16.7. The number of nitrogens with zero attached hydrogens (tertiary/aromatic N) is 2. The zero-order valence-electron chi connectivity index (χ0n) is 15.3. The van der Waals surface area contributed by atoms with Crippen molar-refractivity contribution in [3.63, 3.8) is 0 Å². The number of nitrogens with one attached hydrogen (secondary N) is 1.